The summed E-state index contributed by atoms with van der Waals surface area (Å²) in [7, 11) is 1.14. The Morgan fingerprint density at radius 3 is 2.58 bits per heavy atom. The summed E-state index contributed by atoms with van der Waals surface area (Å²) >= 11 is 0. The van der Waals surface area contributed by atoms with Crippen LogP contribution in [0.4, 0.5) is 18.9 Å². The van der Waals surface area contributed by atoms with E-state index in [1.807, 2.05) is 0 Å². The molecule has 0 amide bonds. The molecule has 1 heterocycles. The highest BCUT2D eigenvalue weighted by Crippen LogP contribution is 2.26. The zero-order valence-corrected chi connectivity index (χ0v) is 9.95. The maximum atomic E-state index is 12.1. The second-order valence-corrected chi connectivity index (χ2v) is 3.48. The highest BCUT2D eigenvalue weighted by molar-refractivity contribution is 5.73. The van der Waals surface area contributed by atoms with Crippen LogP contribution in [-0.2, 0) is 22.5 Å². The van der Waals surface area contributed by atoms with Gasteiger partial charge >= 0.3 is 12.3 Å². The maximum Gasteiger partial charge on any atom is 0.574 e. The molecule has 1 rings (SSSR count). The second kappa shape index (κ2) is 5.74. The smallest absolute Gasteiger partial charge is 0.469 e. The molecule has 0 spiro atoms. The summed E-state index contributed by atoms with van der Waals surface area (Å²) in [6, 6.07) is 0.899. The fraction of sp³-hybridized carbons (Fsp3) is 0.400. The fourth-order valence-corrected chi connectivity index (χ4v) is 1.38. The van der Waals surface area contributed by atoms with Gasteiger partial charge in [-0.15, -0.1) is 13.2 Å². The van der Waals surface area contributed by atoms with Crippen LogP contribution in [0.5, 0.6) is 5.88 Å². The van der Waals surface area contributed by atoms with Crippen molar-refractivity contribution in [3.05, 3.63) is 17.3 Å². The van der Waals surface area contributed by atoms with Crippen molar-refractivity contribution < 1.29 is 27.4 Å². The minimum atomic E-state index is -4.90. The number of halogens is 3. The number of nitrogens with zero attached hydrogens (tertiary/aromatic N) is 1. The van der Waals surface area contributed by atoms with E-state index in [0.29, 0.717) is 0 Å². The van der Waals surface area contributed by atoms with E-state index in [-0.39, 0.29) is 29.9 Å². The molecule has 0 fully saturated rings. The Balaban J connectivity index is 3.14. The third-order valence-corrected chi connectivity index (χ3v) is 2.18. The Morgan fingerprint density at radius 1 is 1.47 bits per heavy atom. The predicted molar refractivity (Wildman–Crippen MR) is 58.9 cm³/mol. The number of alkyl halides is 3. The molecule has 0 bridgehead atoms. The van der Waals surface area contributed by atoms with E-state index >= 15 is 0 Å². The molecule has 0 aromatic carbocycles. The Kier molecular flexibility index (Phi) is 4.54. The van der Waals surface area contributed by atoms with E-state index in [0.717, 1.165) is 13.2 Å². The monoisotopic (exact) mass is 279 g/mol. The number of carbonyl (C=O) groups is 1. The summed E-state index contributed by atoms with van der Waals surface area (Å²) in [6.45, 7) is -0.0720. The number of ether oxygens (including phenoxy) is 2. The molecular formula is C10H12F3N3O3. The number of hydrogen-bond acceptors (Lipinski definition) is 6. The Hall–Kier alpha value is -2.03. The van der Waals surface area contributed by atoms with Crippen LogP contribution in [0.3, 0.4) is 0 Å². The van der Waals surface area contributed by atoms with E-state index < -0.39 is 18.2 Å². The predicted octanol–water partition coefficient (Wildman–Crippen LogP) is 0.737. The van der Waals surface area contributed by atoms with E-state index in [1.165, 1.54) is 0 Å². The Labute approximate surface area is 106 Å². The standard InChI is InChI=1S/C10H12F3N3O3/c1-18-9(17)3-7-5(4-14)6(15)2-8(16-7)19-10(11,12)13/h2H,3-4,14H2,1H3,(H2,15,16). The van der Waals surface area contributed by atoms with Gasteiger partial charge in [0.05, 0.1) is 19.2 Å². The molecule has 0 saturated carbocycles. The van der Waals surface area contributed by atoms with Gasteiger partial charge < -0.3 is 20.9 Å². The van der Waals surface area contributed by atoms with Gasteiger partial charge in [-0.2, -0.15) is 0 Å². The summed E-state index contributed by atoms with van der Waals surface area (Å²) in [5.41, 5.74) is 11.2. The molecule has 19 heavy (non-hydrogen) atoms. The lowest BCUT2D eigenvalue weighted by Gasteiger charge is -2.13. The maximum absolute atomic E-state index is 12.1. The van der Waals surface area contributed by atoms with Crippen molar-refractivity contribution in [1.29, 1.82) is 0 Å². The van der Waals surface area contributed by atoms with Gasteiger partial charge in [0.25, 0.3) is 0 Å². The number of aromatic nitrogens is 1. The van der Waals surface area contributed by atoms with Gasteiger partial charge in [-0.25, -0.2) is 4.98 Å². The number of methoxy groups -OCH3 is 1. The largest absolute Gasteiger partial charge is 0.574 e. The highest BCUT2D eigenvalue weighted by Gasteiger charge is 2.32. The number of nitrogens with two attached hydrogens (primary N) is 2. The van der Waals surface area contributed by atoms with E-state index in [2.05, 4.69) is 14.5 Å². The average molecular weight is 279 g/mol. The van der Waals surface area contributed by atoms with Gasteiger partial charge in [0.1, 0.15) is 0 Å². The summed E-state index contributed by atoms with van der Waals surface area (Å²) in [5.74, 6) is -1.42. The minimum Gasteiger partial charge on any atom is -0.469 e. The number of rotatable bonds is 4. The molecule has 6 nitrogen and oxygen atoms in total. The van der Waals surface area contributed by atoms with Crippen LogP contribution in [0.1, 0.15) is 11.3 Å². The Morgan fingerprint density at radius 2 is 2.11 bits per heavy atom. The van der Waals surface area contributed by atoms with Crippen molar-refractivity contribution in [2.75, 3.05) is 12.8 Å². The zero-order chi connectivity index (χ0) is 14.6. The zero-order valence-electron chi connectivity index (χ0n) is 9.95. The number of nitrogen functional groups attached to an aromatic ring is 1. The molecular weight excluding hydrogens is 267 g/mol. The summed E-state index contributed by atoms with van der Waals surface area (Å²) < 4.78 is 44.4. The SMILES string of the molecule is COC(=O)Cc1nc(OC(F)(F)F)cc(N)c1CN. The lowest BCUT2D eigenvalue weighted by Crippen LogP contribution is -2.20. The van der Waals surface area contributed by atoms with Crippen molar-refractivity contribution in [3.63, 3.8) is 0 Å². The van der Waals surface area contributed by atoms with Crippen LogP contribution >= 0.6 is 0 Å². The summed E-state index contributed by atoms with van der Waals surface area (Å²) in [4.78, 5) is 14.7. The first-order chi connectivity index (χ1) is 8.76. The second-order valence-electron chi connectivity index (χ2n) is 3.48. The van der Waals surface area contributed by atoms with Crippen LogP contribution < -0.4 is 16.2 Å². The first-order valence-corrected chi connectivity index (χ1v) is 5.07. The molecule has 1 aromatic heterocycles. The van der Waals surface area contributed by atoms with Gasteiger partial charge in [0, 0.05) is 23.9 Å². The van der Waals surface area contributed by atoms with Gasteiger partial charge in [-0.3, -0.25) is 4.79 Å². The van der Waals surface area contributed by atoms with Gasteiger partial charge in [0.2, 0.25) is 5.88 Å². The minimum absolute atomic E-state index is 0.00593. The number of hydrogen-bond donors (Lipinski definition) is 2. The van der Waals surface area contributed by atoms with Crippen molar-refractivity contribution >= 4 is 11.7 Å². The molecule has 0 aliphatic rings. The third kappa shape index (κ3) is 4.28. The molecule has 0 unspecified atom stereocenters. The van der Waals surface area contributed by atoms with Crippen molar-refractivity contribution in [2.24, 2.45) is 5.73 Å². The molecule has 9 heteroatoms. The molecule has 0 aliphatic heterocycles. The molecule has 0 atom stereocenters. The molecule has 0 aliphatic carbocycles. The normalized spacial score (nSPS) is 11.2. The highest BCUT2D eigenvalue weighted by atomic mass is 19.4. The van der Waals surface area contributed by atoms with Crippen LogP contribution in [0.2, 0.25) is 0 Å². The molecule has 0 saturated heterocycles. The lowest BCUT2D eigenvalue weighted by molar-refractivity contribution is -0.276. The fourth-order valence-electron chi connectivity index (χ4n) is 1.38. The van der Waals surface area contributed by atoms with Crippen molar-refractivity contribution in [2.45, 2.75) is 19.3 Å². The quantitative estimate of drug-likeness (QED) is 0.788. The number of pyridine rings is 1. The third-order valence-electron chi connectivity index (χ3n) is 2.18. The van der Waals surface area contributed by atoms with Crippen LogP contribution in [0, 0.1) is 0 Å². The van der Waals surface area contributed by atoms with E-state index in [9.17, 15) is 18.0 Å². The average Bonchev–Trinajstić information content (AvgIpc) is 2.26. The molecule has 1 aromatic rings. The number of esters is 1. The molecule has 106 valence electrons. The summed E-state index contributed by atoms with van der Waals surface area (Å²) in [5, 5.41) is 0. The van der Waals surface area contributed by atoms with Crippen molar-refractivity contribution in [3.8, 4) is 5.88 Å². The first-order valence-electron chi connectivity index (χ1n) is 5.07. The first kappa shape index (κ1) is 15.0. The van der Waals surface area contributed by atoms with E-state index in [1.54, 1.807) is 0 Å². The summed E-state index contributed by atoms with van der Waals surface area (Å²) in [6.07, 6.45) is -5.24. The number of anilines is 1. The molecule has 0 radical (unpaired) electrons. The Bertz CT molecular complexity index is 477. The van der Waals surface area contributed by atoms with Crippen LogP contribution in [-0.4, -0.2) is 24.4 Å². The van der Waals surface area contributed by atoms with Crippen LogP contribution in [0.25, 0.3) is 0 Å². The topological polar surface area (TPSA) is 100 Å². The van der Waals surface area contributed by atoms with Crippen molar-refractivity contribution in [1.82, 2.24) is 4.98 Å². The van der Waals surface area contributed by atoms with Gasteiger partial charge in [0.15, 0.2) is 0 Å². The molecule has 4 N–H and O–H groups in total. The lowest BCUT2D eigenvalue weighted by atomic mass is 10.1. The van der Waals surface area contributed by atoms with E-state index in [4.69, 9.17) is 11.5 Å². The van der Waals surface area contributed by atoms with Crippen LogP contribution in [0.15, 0.2) is 6.07 Å². The van der Waals surface area contributed by atoms with Gasteiger partial charge in [-0.05, 0) is 0 Å². The number of carbonyl (C=O) groups excluding carboxylic acids is 1. The van der Waals surface area contributed by atoms with Gasteiger partial charge in [-0.1, -0.05) is 0 Å².